The number of rotatable bonds is 0. The second-order valence-electron chi connectivity index (χ2n) is 0.448. The summed E-state index contributed by atoms with van der Waals surface area (Å²) < 4.78 is 32.0. The zero-order valence-electron chi connectivity index (χ0n) is 2.62. The Kier molecular flexibility index (Phi) is 29.4. The van der Waals surface area contributed by atoms with Gasteiger partial charge in [-0.15, -0.1) is 0 Å². The van der Waals surface area contributed by atoms with E-state index in [9.17, 15) is 0 Å². The molecule has 0 saturated heterocycles. The molecule has 0 rings (SSSR count). The average Bonchev–Trinajstić information content (AvgIpc) is 0.722. The Morgan fingerprint density at radius 1 is 1.00 bits per heavy atom. The quantitative estimate of drug-likeness (QED) is 0.441. The summed E-state index contributed by atoms with van der Waals surface area (Å²) in [5.74, 6) is 0. The van der Waals surface area contributed by atoms with E-state index in [1.165, 1.54) is 0 Å². The van der Waals surface area contributed by atoms with Crippen molar-refractivity contribution in [3.63, 3.8) is 0 Å². The molecule has 0 bridgehead atoms. The maximum absolute atomic E-state index is 8.85. The van der Waals surface area contributed by atoms with Gasteiger partial charge in [-0.3, -0.25) is 0 Å². The van der Waals surface area contributed by atoms with Gasteiger partial charge in [0.15, 0.2) is 0 Å². The summed E-state index contributed by atoms with van der Waals surface area (Å²) in [6.07, 6.45) is 0. The van der Waals surface area contributed by atoms with E-state index in [0.717, 1.165) is 0 Å². The fraction of sp³-hybridized carbons (Fsp3) is 0. The second-order valence-corrected chi connectivity index (χ2v) is 2.65. The summed E-state index contributed by atoms with van der Waals surface area (Å²) in [6.45, 7) is 0. The van der Waals surface area contributed by atoms with Gasteiger partial charge in [0.1, 0.15) is 0 Å². The molecule has 0 aromatic carbocycles. The third-order valence-corrected chi connectivity index (χ3v) is 0. The molecule has 0 aromatic heterocycles. The van der Waals surface area contributed by atoms with Gasteiger partial charge in [-0.05, 0) is 0 Å². The van der Waals surface area contributed by atoms with E-state index < -0.39 is 16.7 Å². The summed E-state index contributed by atoms with van der Waals surface area (Å²) in [4.78, 5) is 0. The molecule has 8 heteroatoms. The first-order valence-electron chi connectivity index (χ1n) is 0.698. The average molecular weight is 260 g/mol. The van der Waals surface area contributed by atoms with E-state index in [2.05, 4.69) is 0 Å². The standard InChI is InChI=1S/2K.Mo.3H2O.2O.2H/h;;;3*1H2;;;;/q;;+2;;;;;;;/p-2. The van der Waals surface area contributed by atoms with Crippen molar-refractivity contribution < 1.29 is 36.5 Å². The van der Waals surface area contributed by atoms with Crippen LogP contribution in [-0.2, 0) is 23.5 Å². The van der Waals surface area contributed by atoms with E-state index in [1.54, 1.807) is 0 Å². The van der Waals surface area contributed by atoms with Crippen molar-refractivity contribution in [3.05, 3.63) is 0 Å². The molecule has 44 valence electrons. The topological polar surface area (TPSA) is 106 Å². The van der Waals surface area contributed by atoms with E-state index in [1.807, 2.05) is 0 Å². The van der Waals surface area contributed by atoms with Gasteiger partial charge < -0.3 is 5.48 Å². The van der Waals surface area contributed by atoms with E-state index in [4.69, 9.17) is 14.3 Å². The molecule has 0 atom stereocenters. The van der Waals surface area contributed by atoms with Crippen LogP contribution in [0.4, 0.5) is 0 Å². The molecule has 0 amide bonds. The molecule has 0 unspecified atom stereocenters. The molecule has 0 aliphatic carbocycles. The summed E-state index contributed by atoms with van der Waals surface area (Å²) in [6, 6.07) is 0. The third-order valence-electron chi connectivity index (χ3n) is 0. The van der Waals surface area contributed by atoms with Crippen molar-refractivity contribution in [3.8, 4) is 0 Å². The Morgan fingerprint density at radius 3 is 1.00 bits per heavy atom. The van der Waals surface area contributed by atoms with Gasteiger partial charge in [-0.1, -0.05) is 0 Å². The Hall–Kier alpha value is 3.44. The van der Waals surface area contributed by atoms with Crippen LogP contribution in [0.5, 0.6) is 0 Å². The molecule has 8 heavy (non-hydrogen) atoms. The molecule has 0 aliphatic rings. The van der Waals surface area contributed by atoms with Crippen LogP contribution in [0.15, 0.2) is 0 Å². The second kappa shape index (κ2) is 10.4. The van der Waals surface area contributed by atoms with Gasteiger partial charge in [-0.2, -0.15) is 0 Å². The molecular weight excluding hydrogens is 254 g/mol. The van der Waals surface area contributed by atoms with Gasteiger partial charge in [0.05, 0.1) is 0 Å². The molecule has 0 radical (unpaired) electrons. The first-order valence-corrected chi connectivity index (χ1v) is 4.13. The monoisotopic (exact) mass is 262 g/mol. The molecular formula is H6K2MoO5. The summed E-state index contributed by atoms with van der Waals surface area (Å²) in [5.41, 5.74) is 0. The molecule has 4 N–H and O–H groups in total. The van der Waals surface area contributed by atoms with Crippen LogP contribution in [0.2, 0.25) is 0 Å². The molecule has 0 saturated carbocycles. The maximum atomic E-state index is 8.85. The van der Waals surface area contributed by atoms with Crippen LogP contribution >= 0.6 is 0 Å². The molecule has 5 nitrogen and oxygen atoms in total. The van der Waals surface area contributed by atoms with Crippen LogP contribution < -0.4 is 0 Å². The summed E-state index contributed by atoms with van der Waals surface area (Å²) >= 11 is -5.52. The predicted octanol–water partition coefficient (Wildman–Crippen LogP) is -3.48. The summed E-state index contributed by atoms with van der Waals surface area (Å²) in [5, 5.41) is 0. The van der Waals surface area contributed by atoms with Crippen LogP contribution in [0.3, 0.4) is 0 Å². The molecule has 0 aromatic rings. The van der Waals surface area contributed by atoms with Crippen molar-refractivity contribution in [2.45, 2.75) is 0 Å². The van der Waals surface area contributed by atoms with Gasteiger partial charge in [0.25, 0.3) is 0 Å². The van der Waals surface area contributed by atoms with Crippen molar-refractivity contribution in [1.29, 1.82) is 0 Å². The Labute approximate surface area is 135 Å². The van der Waals surface area contributed by atoms with E-state index in [0.29, 0.717) is 0 Å². The van der Waals surface area contributed by atoms with E-state index in [-0.39, 0.29) is 108 Å². The van der Waals surface area contributed by atoms with Crippen molar-refractivity contribution in [2.75, 3.05) is 0 Å². The number of hydrogen-bond donors (Lipinski definition) is 2. The minimum atomic E-state index is -5.52. The molecule has 0 heterocycles. The number of hydrogen-bond acceptors (Lipinski definition) is 2. The van der Waals surface area contributed by atoms with Crippen LogP contribution in [0.1, 0.15) is 0 Å². The zero-order chi connectivity index (χ0) is 4.50. The fourth-order valence-corrected chi connectivity index (χ4v) is 0. The molecule has 0 spiro atoms. The Balaban J connectivity index is -0.0000000267. The summed E-state index contributed by atoms with van der Waals surface area (Å²) in [7, 11) is 0. The first-order chi connectivity index (χ1) is 2.00. The molecule has 0 aliphatic heterocycles. The predicted molar refractivity (Wildman–Crippen MR) is 23.7 cm³/mol. The minimum absolute atomic E-state index is 0. The Bertz CT molecular complexity index is 93.6. The SMILES string of the molecule is O.[KH].[KH].[O]=[Mo](=[O])([OH])[OH]. The van der Waals surface area contributed by atoms with Crippen molar-refractivity contribution >= 4 is 103 Å². The van der Waals surface area contributed by atoms with Crippen molar-refractivity contribution in [2.24, 2.45) is 0 Å². The first kappa shape index (κ1) is 22.5. The third kappa shape index (κ3) is 56.8. The zero-order valence-corrected chi connectivity index (χ0v) is 4.63. The van der Waals surface area contributed by atoms with Gasteiger partial charge in [-0.25, -0.2) is 0 Å². The molecule has 0 fully saturated rings. The van der Waals surface area contributed by atoms with Gasteiger partial charge in [0.2, 0.25) is 0 Å². The van der Waals surface area contributed by atoms with Gasteiger partial charge >= 0.3 is 134 Å². The Morgan fingerprint density at radius 2 is 1.00 bits per heavy atom. The van der Waals surface area contributed by atoms with Gasteiger partial charge in [0, 0.05) is 0 Å². The van der Waals surface area contributed by atoms with Crippen LogP contribution in [0, 0.1) is 0 Å². The van der Waals surface area contributed by atoms with Crippen LogP contribution in [0.25, 0.3) is 0 Å². The fourth-order valence-electron chi connectivity index (χ4n) is 0. The van der Waals surface area contributed by atoms with E-state index >= 15 is 0 Å². The van der Waals surface area contributed by atoms with Crippen LogP contribution in [-0.4, -0.2) is 116 Å². The van der Waals surface area contributed by atoms with Crippen molar-refractivity contribution in [1.82, 2.24) is 0 Å². The normalized spacial score (nSPS) is 7.25.